The molecule has 1 saturated heterocycles. The fourth-order valence-electron chi connectivity index (χ4n) is 3.11. The summed E-state index contributed by atoms with van der Waals surface area (Å²) in [4.78, 5) is 33.5. The number of nitrogens with zero attached hydrogens (tertiary/aromatic N) is 3. The van der Waals surface area contributed by atoms with Gasteiger partial charge >= 0.3 is 0 Å². The van der Waals surface area contributed by atoms with Gasteiger partial charge in [0.1, 0.15) is 5.82 Å². The number of carbonyl (C=O) groups is 2. The average molecular weight is 382 g/mol. The number of aromatic nitrogens is 2. The molecule has 28 heavy (non-hydrogen) atoms. The average Bonchev–Trinajstić information content (AvgIpc) is 3.04. The van der Waals surface area contributed by atoms with Gasteiger partial charge in [-0.05, 0) is 44.0 Å². The van der Waals surface area contributed by atoms with E-state index in [1.807, 2.05) is 42.2 Å². The first-order valence-electron chi connectivity index (χ1n) is 9.51. The highest BCUT2D eigenvalue weighted by molar-refractivity contribution is 5.88. The number of carbonyl (C=O) groups excluding carboxylic acids is 2. The van der Waals surface area contributed by atoms with Crippen LogP contribution in [0, 0.1) is 6.92 Å². The second kappa shape index (κ2) is 9.16. The lowest BCUT2D eigenvalue weighted by atomic mass is 10.2. The number of benzene rings is 1. The topological polar surface area (TPSA) is 99.2 Å². The summed E-state index contributed by atoms with van der Waals surface area (Å²) < 4.78 is 0. The van der Waals surface area contributed by atoms with Crippen LogP contribution in [0.5, 0.6) is 0 Å². The fourth-order valence-corrected chi connectivity index (χ4v) is 3.11. The van der Waals surface area contributed by atoms with Gasteiger partial charge in [-0.3, -0.25) is 9.59 Å². The standard InChI is InChI=1S/C20H26N6O2/c1-14-13-18(24-17-8-6-16(7-9-17)23-15(2)27)25-20(22-14)21-10-4-12-26-11-3-5-19(26)28/h6-9,13H,3-5,10-12H2,1-2H3,(H,23,27)(H2,21,22,24,25). The van der Waals surface area contributed by atoms with E-state index in [9.17, 15) is 9.59 Å². The molecule has 3 rings (SSSR count). The zero-order valence-corrected chi connectivity index (χ0v) is 16.3. The Labute approximate surface area is 164 Å². The summed E-state index contributed by atoms with van der Waals surface area (Å²) in [6, 6.07) is 9.29. The van der Waals surface area contributed by atoms with Crippen LogP contribution in [0.3, 0.4) is 0 Å². The first-order chi connectivity index (χ1) is 13.5. The highest BCUT2D eigenvalue weighted by atomic mass is 16.2. The number of hydrogen-bond donors (Lipinski definition) is 3. The van der Waals surface area contributed by atoms with Crippen LogP contribution in [0.4, 0.5) is 23.1 Å². The molecule has 0 aliphatic carbocycles. The monoisotopic (exact) mass is 382 g/mol. The molecular weight excluding hydrogens is 356 g/mol. The highest BCUT2D eigenvalue weighted by Crippen LogP contribution is 2.19. The molecule has 2 aromatic rings. The van der Waals surface area contributed by atoms with Crippen LogP contribution in [0.25, 0.3) is 0 Å². The van der Waals surface area contributed by atoms with E-state index in [2.05, 4.69) is 25.9 Å². The Bertz CT molecular complexity index is 837. The van der Waals surface area contributed by atoms with E-state index in [1.165, 1.54) is 6.92 Å². The molecule has 148 valence electrons. The molecule has 8 nitrogen and oxygen atoms in total. The van der Waals surface area contributed by atoms with Crippen molar-refractivity contribution in [3.8, 4) is 0 Å². The molecule has 8 heteroatoms. The Kier molecular flexibility index (Phi) is 6.41. The summed E-state index contributed by atoms with van der Waals surface area (Å²) in [7, 11) is 0. The van der Waals surface area contributed by atoms with Crippen molar-refractivity contribution in [1.29, 1.82) is 0 Å². The Balaban J connectivity index is 1.53. The quantitative estimate of drug-likeness (QED) is 0.607. The molecule has 2 amide bonds. The zero-order chi connectivity index (χ0) is 19.9. The van der Waals surface area contributed by atoms with E-state index in [4.69, 9.17) is 0 Å². The number of aryl methyl sites for hydroxylation is 1. The predicted molar refractivity (Wildman–Crippen MR) is 110 cm³/mol. The van der Waals surface area contributed by atoms with Gasteiger partial charge in [0.2, 0.25) is 17.8 Å². The maximum absolute atomic E-state index is 11.6. The third kappa shape index (κ3) is 5.67. The van der Waals surface area contributed by atoms with Crippen molar-refractivity contribution in [2.45, 2.75) is 33.1 Å². The van der Waals surface area contributed by atoms with Crippen molar-refractivity contribution in [3.63, 3.8) is 0 Å². The van der Waals surface area contributed by atoms with Crippen molar-refractivity contribution in [2.24, 2.45) is 0 Å². The van der Waals surface area contributed by atoms with Gasteiger partial charge in [0.25, 0.3) is 0 Å². The third-order valence-electron chi connectivity index (χ3n) is 4.39. The number of amides is 2. The minimum absolute atomic E-state index is 0.100. The SMILES string of the molecule is CC(=O)Nc1ccc(Nc2cc(C)nc(NCCCN3CCCC3=O)n2)cc1. The summed E-state index contributed by atoms with van der Waals surface area (Å²) >= 11 is 0. The number of rotatable bonds is 8. The zero-order valence-electron chi connectivity index (χ0n) is 16.3. The van der Waals surface area contributed by atoms with Crippen LogP contribution in [0.1, 0.15) is 31.9 Å². The van der Waals surface area contributed by atoms with Crippen molar-refractivity contribution in [1.82, 2.24) is 14.9 Å². The Morgan fingerprint density at radius 2 is 1.93 bits per heavy atom. The van der Waals surface area contributed by atoms with E-state index in [0.29, 0.717) is 24.7 Å². The van der Waals surface area contributed by atoms with Gasteiger partial charge in [0.05, 0.1) is 0 Å². The summed E-state index contributed by atoms with van der Waals surface area (Å²) in [5.41, 5.74) is 2.46. The normalized spacial score (nSPS) is 13.5. The maximum Gasteiger partial charge on any atom is 0.224 e. The van der Waals surface area contributed by atoms with E-state index in [1.54, 1.807) is 0 Å². The molecule has 2 heterocycles. The van der Waals surface area contributed by atoms with Gasteiger partial charge in [0.15, 0.2) is 0 Å². The van der Waals surface area contributed by atoms with Crippen molar-refractivity contribution in [3.05, 3.63) is 36.0 Å². The fraction of sp³-hybridized carbons (Fsp3) is 0.400. The van der Waals surface area contributed by atoms with Crippen LogP contribution in [0.2, 0.25) is 0 Å². The van der Waals surface area contributed by atoms with Crippen LogP contribution in [0.15, 0.2) is 30.3 Å². The molecule has 0 unspecified atom stereocenters. The van der Waals surface area contributed by atoms with E-state index < -0.39 is 0 Å². The van der Waals surface area contributed by atoms with Gasteiger partial charge in [0, 0.05) is 56.1 Å². The van der Waals surface area contributed by atoms with Gasteiger partial charge in [-0.1, -0.05) is 0 Å². The first kappa shape index (κ1) is 19.6. The van der Waals surface area contributed by atoms with Gasteiger partial charge < -0.3 is 20.9 Å². The lowest BCUT2D eigenvalue weighted by molar-refractivity contribution is -0.127. The third-order valence-corrected chi connectivity index (χ3v) is 4.39. The Morgan fingerprint density at radius 1 is 1.18 bits per heavy atom. The second-order valence-corrected chi connectivity index (χ2v) is 6.87. The molecule has 0 radical (unpaired) electrons. The molecule has 1 aliphatic rings. The number of anilines is 4. The number of nitrogens with one attached hydrogen (secondary N) is 3. The van der Waals surface area contributed by atoms with Gasteiger partial charge in [-0.2, -0.15) is 4.98 Å². The van der Waals surface area contributed by atoms with Crippen LogP contribution in [-0.2, 0) is 9.59 Å². The molecule has 0 atom stereocenters. The number of hydrogen-bond acceptors (Lipinski definition) is 6. The molecule has 1 aromatic heterocycles. The minimum Gasteiger partial charge on any atom is -0.354 e. The first-order valence-corrected chi connectivity index (χ1v) is 9.51. The van der Waals surface area contributed by atoms with Gasteiger partial charge in [-0.25, -0.2) is 4.98 Å². The summed E-state index contributed by atoms with van der Waals surface area (Å²) in [6.07, 6.45) is 2.50. The molecule has 1 fully saturated rings. The highest BCUT2D eigenvalue weighted by Gasteiger charge is 2.18. The van der Waals surface area contributed by atoms with Crippen molar-refractivity contribution >= 4 is 35.0 Å². The van der Waals surface area contributed by atoms with Crippen molar-refractivity contribution in [2.75, 3.05) is 35.6 Å². The summed E-state index contributed by atoms with van der Waals surface area (Å²) in [5, 5.41) is 9.22. The van der Waals surface area contributed by atoms with Crippen LogP contribution >= 0.6 is 0 Å². The molecule has 1 aromatic carbocycles. The molecule has 0 saturated carbocycles. The molecule has 0 bridgehead atoms. The largest absolute Gasteiger partial charge is 0.354 e. The van der Waals surface area contributed by atoms with Crippen LogP contribution < -0.4 is 16.0 Å². The smallest absolute Gasteiger partial charge is 0.224 e. The lowest BCUT2D eigenvalue weighted by Crippen LogP contribution is -2.27. The van der Waals surface area contributed by atoms with Crippen molar-refractivity contribution < 1.29 is 9.59 Å². The van der Waals surface area contributed by atoms with Crippen LogP contribution in [-0.4, -0.2) is 46.3 Å². The summed E-state index contributed by atoms with van der Waals surface area (Å²) in [6.45, 7) is 5.74. The predicted octanol–water partition coefficient (Wildman–Crippen LogP) is 2.91. The minimum atomic E-state index is -0.100. The number of likely N-dealkylation sites (tertiary alicyclic amines) is 1. The Hall–Kier alpha value is -3.16. The van der Waals surface area contributed by atoms with E-state index in [-0.39, 0.29) is 11.8 Å². The lowest BCUT2D eigenvalue weighted by Gasteiger charge is -2.15. The van der Waals surface area contributed by atoms with E-state index >= 15 is 0 Å². The second-order valence-electron chi connectivity index (χ2n) is 6.87. The molecular formula is C20H26N6O2. The van der Waals surface area contributed by atoms with Gasteiger partial charge in [-0.15, -0.1) is 0 Å². The summed E-state index contributed by atoms with van der Waals surface area (Å²) in [5.74, 6) is 1.40. The Morgan fingerprint density at radius 3 is 2.61 bits per heavy atom. The molecule has 3 N–H and O–H groups in total. The molecule has 0 spiro atoms. The maximum atomic E-state index is 11.6. The van der Waals surface area contributed by atoms with E-state index in [0.717, 1.165) is 43.0 Å². The molecule has 1 aliphatic heterocycles.